The Morgan fingerprint density at radius 2 is 1.89 bits per heavy atom. The number of carbonyl (C=O) groups is 1. The van der Waals surface area contributed by atoms with Gasteiger partial charge in [0.1, 0.15) is 0 Å². The summed E-state index contributed by atoms with van der Waals surface area (Å²) < 4.78 is 0. The molecule has 18 heavy (non-hydrogen) atoms. The molecule has 2 heterocycles. The summed E-state index contributed by atoms with van der Waals surface area (Å²) in [5.74, 6) is -0.0523. The van der Waals surface area contributed by atoms with E-state index in [2.05, 4.69) is 10.2 Å². The van der Waals surface area contributed by atoms with Gasteiger partial charge in [-0.25, -0.2) is 0 Å². The van der Waals surface area contributed by atoms with Gasteiger partial charge >= 0.3 is 0 Å². The summed E-state index contributed by atoms with van der Waals surface area (Å²) >= 11 is 0. The van der Waals surface area contributed by atoms with Crippen LogP contribution in [-0.2, 0) is 4.79 Å². The topological polar surface area (TPSA) is 86.0 Å². The monoisotopic (exact) mass is 245 g/mol. The van der Waals surface area contributed by atoms with Crippen LogP contribution in [0, 0.1) is 5.92 Å². The van der Waals surface area contributed by atoms with Crippen LogP contribution in [0.3, 0.4) is 0 Å². The molecule has 1 saturated heterocycles. The van der Waals surface area contributed by atoms with Crippen LogP contribution in [0.5, 0.6) is 0 Å². The molecule has 6 nitrogen and oxygen atoms in total. The summed E-state index contributed by atoms with van der Waals surface area (Å²) in [6, 6.07) is 4.92. The van der Waals surface area contributed by atoms with Crippen molar-refractivity contribution in [1.82, 2.24) is 10.2 Å². The molecule has 1 aliphatic heterocycles. The van der Waals surface area contributed by atoms with Gasteiger partial charge in [0, 0.05) is 6.54 Å². The van der Waals surface area contributed by atoms with E-state index < -0.39 is 5.56 Å². The second kappa shape index (κ2) is 3.56. The van der Waals surface area contributed by atoms with Crippen LogP contribution in [-0.4, -0.2) is 22.6 Å². The summed E-state index contributed by atoms with van der Waals surface area (Å²) in [6.45, 7) is 2.41. The van der Waals surface area contributed by atoms with Crippen molar-refractivity contribution < 1.29 is 4.79 Å². The number of amides is 1. The van der Waals surface area contributed by atoms with E-state index in [-0.39, 0.29) is 22.8 Å². The first-order valence-corrected chi connectivity index (χ1v) is 5.64. The minimum absolute atomic E-state index is 0.0258. The molecule has 1 unspecified atom stereocenters. The lowest BCUT2D eigenvalue weighted by molar-refractivity contribution is -0.126. The fourth-order valence-electron chi connectivity index (χ4n) is 2.25. The van der Waals surface area contributed by atoms with Crippen molar-refractivity contribution in [2.75, 3.05) is 11.4 Å². The van der Waals surface area contributed by atoms with Gasteiger partial charge in [0.15, 0.2) is 0 Å². The van der Waals surface area contributed by atoms with Gasteiger partial charge in [-0.1, -0.05) is 13.0 Å². The van der Waals surface area contributed by atoms with Crippen molar-refractivity contribution in [2.24, 2.45) is 5.92 Å². The Morgan fingerprint density at radius 1 is 1.17 bits per heavy atom. The number of aromatic amines is 2. The molecular formula is C12H11N3O3. The number of nitrogens with one attached hydrogen (secondary N) is 2. The van der Waals surface area contributed by atoms with E-state index in [9.17, 15) is 14.4 Å². The molecule has 0 aliphatic carbocycles. The standard InChI is InChI=1S/C12H11N3O3/c1-6-5-15(12(6)18)8-4-2-3-7-9(8)11(17)14-13-10(7)16/h2-4,6H,5H2,1H3,(H,13,16)(H,14,17). The first kappa shape index (κ1) is 10.8. The third-order valence-corrected chi connectivity index (χ3v) is 3.24. The smallest absolute Gasteiger partial charge is 0.272 e. The lowest BCUT2D eigenvalue weighted by Gasteiger charge is -2.36. The third-order valence-electron chi connectivity index (χ3n) is 3.24. The van der Waals surface area contributed by atoms with Gasteiger partial charge in [-0.3, -0.25) is 24.6 Å². The predicted molar refractivity (Wildman–Crippen MR) is 66.7 cm³/mol. The Hall–Kier alpha value is -2.37. The summed E-state index contributed by atoms with van der Waals surface area (Å²) in [5, 5.41) is 5.11. The van der Waals surface area contributed by atoms with E-state index in [4.69, 9.17) is 0 Å². The van der Waals surface area contributed by atoms with Gasteiger partial charge in [0.25, 0.3) is 11.1 Å². The molecule has 1 fully saturated rings. The largest absolute Gasteiger partial charge is 0.311 e. The number of benzene rings is 1. The lowest BCUT2D eigenvalue weighted by atomic mass is 9.99. The number of β-lactam (4-membered cyclic amide) rings is 1. The highest BCUT2D eigenvalue weighted by atomic mass is 16.2. The summed E-state index contributed by atoms with van der Waals surface area (Å²) in [7, 11) is 0. The Labute approximate surface area is 101 Å². The SMILES string of the molecule is CC1CN(c2cccc3c(=O)[nH][nH]c(=O)c23)C1=O. The molecule has 6 heteroatoms. The number of nitrogens with zero attached hydrogens (tertiary/aromatic N) is 1. The summed E-state index contributed by atoms with van der Waals surface area (Å²) in [4.78, 5) is 36.7. The number of anilines is 1. The molecular weight excluding hydrogens is 234 g/mol. The molecule has 2 aromatic rings. The van der Waals surface area contributed by atoms with E-state index in [1.807, 2.05) is 6.92 Å². The van der Waals surface area contributed by atoms with E-state index in [0.29, 0.717) is 17.6 Å². The zero-order valence-corrected chi connectivity index (χ0v) is 9.69. The Kier molecular flexibility index (Phi) is 2.13. The van der Waals surface area contributed by atoms with Crippen molar-refractivity contribution in [2.45, 2.75) is 6.92 Å². The number of H-pyrrole nitrogens is 2. The molecule has 3 rings (SSSR count). The van der Waals surface area contributed by atoms with Crippen molar-refractivity contribution in [3.8, 4) is 0 Å². The van der Waals surface area contributed by atoms with Gasteiger partial charge in [0.05, 0.1) is 22.4 Å². The number of hydrogen-bond donors (Lipinski definition) is 2. The first-order valence-electron chi connectivity index (χ1n) is 5.64. The number of aromatic nitrogens is 2. The number of rotatable bonds is 1. The van der Waals surface area contributed by atoms with Crippen LogP contribution < -0.4 is 16.0 Å². The Bertz CT molecular complexity index is 759. The molecule has 1 aliphatic rings. The summed E-state index contributed by atoms with van der Waals surface area (Å²) in [5.41, 5.74) is -0.261. The molecule has 1 aromatic carbocycles. The van der Waals surface area contributed by atoms with Crippen LogP contribution in [0.2, 0.25) is 0 Å². The molecule has 1 amide bonds. The second-order valence-corrected chi connectivity index (χ2v) is 4.46. The maximum Gasteiger partial charge on any atom is 0.272 e. The number of fused-ring (bicyclic) bond motifs is 1. The highest BCUT2D eigenvalue weighted by Crippen LogP contribution is 2.29. The molecule has 0 saturated carbocycles. The van der Waals surface area contributed by atoms with Gasteiger partial charge in [0.2, 0.25) is 5.91 Å². The zero-order chi connectivity index (χ0) is 12.9. The van der Waals surface area contributed by atoms with Gasteiger partial charge in [-0.2, -0.15) is 0 Å². The minimum atomic E-state index is -0.396. The summed E-state index contributed by atoms with van der Waals surface area (Å²) in [6.07, 6.45) is 0. The van der Waals surface area contributed by atoms with Crippen molar-refractivity contribution >= 4 is 22.4 Å². The molecule has 2 N–H and O–H groups in total. The molecule has 92 valence electrons. The average Bonchev–Trinajstić information content (AvgIpc) is 2.39. The van der Waals surface area contributed by atoms with E-state index >= 15 is 0 Å². The quantitative estimate of drug-likeness (QED) is 0.704. The Balaban J connectivity index is 2.31. The van der Waals surface area contributed by atoms with Gasteiger partial charge in [-0.05, 0) is 12.1 Å². The predicted octanol–water partition coefficient (Wildman–Crippen LogP) is 0.199. The zero-order valence-electron chi connectivity index (χ0n) is 9.69. The molecule has 1 atom stereocenters. The van der Waals surface area contributed by atoms with Crippen molar-refractivity contribution in [3.05, 3.63) is 38.9 Å². The van der Waals surface area contributed by atoms with E-state index in [1.54, 1.807) is 18.2 Å². The first-order chi connectivity index (χ1) is 8.59. The van der Waals surface area contributed by atoms with Gasteiger partial charge < -0.3 is 4.90 Å². The van der Waals surface area contributed by atoms with Crippen LogP contribution in [0.4, 0.5) is 5.69 Å². The molecule has 0 radical (unpaired) electrons. The second-order valence-electron chi connectivity index (χ2n) is 4.46. The van der Waals surface area contributed by atoms with Gasteiger partial charge in [-0.15, -0.1) is 0 Å². The van der Waals surface area contributed by atoms with Crippen molar-refractivity contribution in [3.63, 3.8) is 0 Å². The van der Waals surface area contributed by atoms with Crippen molar-refractivity contribution in [1.29, 1.82) is 0 Å². The maximum atomic E-state index is 11.8. The molecule has 1 aromatic heterocycles. The molecule has 0 bridgehead atoms. The fourth-order valence-corrected chi connectivity index (χ4v) is 2.25. The fraction of sp³-hybridized carbons (Fsp3) is 0.250. The van der Waals surface area contributed by atoms with E-state index in [1.165, 1.54) is 4.90 Å². The minimum Gasteiger partial charge on any atom is -0.311 e. The van der Waals surface area contributed by atoms with Crippen LogP contribution >= 0.6 is 0 Å². The highest BCUT2D eigenvalue weighted by Gasteiger charge is 2.35. The highest BCUT2D eigenvalue weighted by molar-refractivity contribution is 6.07. The van der Waals surface area contributed by atoms with Crippen LogP contribution in [0.15, 0.2) is 27.8 Å². The average molecular weight is 245 g/mol. The lowest BCUT2D eigenvalue weighted by Crippen LogP contribution is -2.51. The third kappa shape index (κ3) is 1.32. The molecule has 0 spiro atoms. The van der Waals surface area contributed by atoms with Crippen LogP contribution in [0.25, 0.3) is 10.8 Å². The number of hydrogen-bond acceptors (Lipinski definition) is 3. The van der Waals surface area contributed by atoms with E-state index in [0.717, 1.165) is 0 Å². The normalized spacial score (nSPS) is 19.1. The van der Waals surface area contributed by atoms with Crippen LogP contribution in [0.1, 0.15) is 6.92 Å². The Morgan fingerprint density at radius 3 is 2.56 bits per heavy atom. The number of carbonyl (C=O) groups excluding carboxylic acids is 1. The maximum absolute atomic E-state index is 11.8.